The van der Waals surface area contributed by atoms with Gasteiger partial charge in [0.05, 0.1) is 33.5 Å². The van der Waals surface area contributed by atoms with E-state index < -0.39 is 46.4 Å². The standard InChI is InChI=1S/C47H51N9O6/c1-46(2)40(47(3,4)45(46)62-35-12-7-28(25-48)38-31(35)6-5-17-50-38)39-32(41(49)58)10-13-36(51-39)55-18-15-27(16-19-55)26-53-20-22-54(23-21-53)29-8-9-30-33(24-29)44(61)56(43(30)60)34-11-14-37(57)52-42(34)59/h5-10,12-13,17,24,27,34,40,45H,11,14-16,18-23,26H2,1-4H3,(H2,49,58)(H,52,57,59). The summed E-state index contributed by atoms with van der Waals surface area (Å²) < 4.78 is 6.79. The molecule has 2 aromatic carbocycles. The lowest BCUT2D eigenvalue weighted by atomic mass is 9.44. The van der Waals surface area contributed by atoms with E-state index in [1.807, 2.05) is 36.4 Å². The number of amides is 5. The number of hydrogen-bond acceptors (Lipinski definition) is 12. The number of nitrogens with two attached hydrogens (primary N) is 1. The first-order valence-electron chi connectivity index (χ1n) is 21.5. The Balaban J connectivity index is 0.819. The summed E-state index contributed by atoms with van der Waals surface area (Å²) in [5, 5.41) is 12.7. The molecule has 3 saturated heterocycles. The molecule has 15 heteroatoms. The quantitative estimate of drug-likeness (QED) is 0.222. The van der Waals surface area contributed by atoms with Crippen molar-refractivity contribution in [3.63, 3.8) is 0 Å². The molecule has 4 aromatic rings. The zero-order valence-electron chi connectivity index (χ0n) is 35.5. The first-order chi connectivity index (χ1) is 29.7. The average Bonchev–Trinajstić information content (AvgIpc) is 3.50. The van der Waals surface area contributed by atoms with Crippen LogP contribution >= 0.6 is 0 Å². The number of nitriles is 1. The summed E-state index contributed by atoms with van der Waals surface area (Å²) in [5.74, 6) is -0.632. The van der Waals surface area contributed by atoms with E-state index in [2.05, 4.69) is 58.8 Å². The van der Waals surface area contributed by atoms with Gasteiger partial charge in [-0.25, -0.2) is 4.98 Å². The number of imide groups is 2. The van der Waals surface area contributed by atoms with Crippen LogP contribution in [0.4, 0.5) is 11.5 Å². The molecule has 1 atom stereocenters. The molecule has 5 amide bonds. The van der Waals surface area contributed by atoms with Crippen molar-refractivity contribution in [1.29, 1.82) is 5.26 Å². The third-order valence-corrected chi connectivity index (χ3v) is 14.0. The lowest BCUT2D eigenvalue weighted by Crippen LogP contribution is -2.64. The molecule has 1 unspecified atom stereocenters. The zero-order chi connectivity index (χ0) is 43.7. The number of pyridine rings is 2. The van der Waals surface area contributed by atoms with Gasteiger partial charge in [-0.2, -0.15) is 5.26 Å². The molecule has 4 aliphatic heterocycles. The number of nitrogens with zero attached hydrogens (tertiary/aromatic N) is 7. The highest BCUT2D eigenvalue weighted by Gasteiger charge is 2.65. The van der Waals surface area contributed by atoms with Crippen molar-refractivity contribution < 1.29 is 28.7 Å². The zero-order valence-corrected chi connectivity index (χ0v) is 35.5. The Labute approximate surface area is 360 Å². The van der Waals surface area contributed by atoms with E-state index in [0.717, 1.165) is 80.4 Å². The fraction of sp³-hybridized carbons (Fsp3) is 0.447. The largest absolute Gasteiger partial charge is 0.489 e. The van der Waals surface area contributed by atoms with E-state index >= 15 is 0 Å². The number of carbonyl (C=O) groups is 5. The molecule has 0 bridgehead atoms. The molecule has 9 rings (SSSR count). The van der Waals surface area contributed by atoms with Crippen molar-refractivity contribution in [3.05, 3.63) is 88.7 Å². The summed E-state index contributed by atoms with van der Waals surface area (Å²) in [6, 6.07) is 17.6. The summed E-state index contributed by atoms with van der Waals surface area (Å²) in [6.45, 7) is 14.5. The van der Waals surface area contributed by atoms with Crippen LogP contribution in [0.25, 0.3) is 10.9 Å². The number of hydrogen-bond donors (Lipinski definition) is 2. The first kappa shape index (κ1) is 41.0. The number of aromatic nitrogens is 2. The minimum absolute atomic E-state index is 0.0820. The molecule has 15 nitrogen and oxygen atoms in total. The maximum Gasteiger partial charge on any atom is 0.262 e. The third-order valence-electron chi connectivity index (χ3n) is 14.0. The number of piperazine rings is 1. The van der Waals surface area contributed by atoms with Crippen molar-refractivity contribution in [3.8, 4) is 11.8 Å². The average molecular weight is 838 g/mol. The molecular weight excluding hydrogens is 787 g/mol. The maximum absolute atomic E-state index is 13.4. The van der Waals surface area contributed by atoms with E-state index in [1.54, 1.807) is 24.4 Å². The van der Waals surface area contributed by atoms with Gasteiger partial charge < -0.3 is 20.3 Å². The number of ether oxygens (including phenoxy) is 1. The Kier molecular flexibility index (Phi) is 10.2. The van der Waals surface area contributed by atoms with Crippen LogP contribution in [0.15, 0.2) is 60.8 Å². The van der Waals surface area contributed by atoms with E-state index in [4.69, 9.17) is 15.5 Å². The van der Waals surface area contributed by atoms with Crippen LogP contribution in [0, 0.1) is 28.1 Å². The van der Waals surface area contributed by atoms with Gasteiger partial charge in [0, 0.05) is 86.3 Å². The van der Waals surface area contributed by atoms with E-state index in [9.17, 15) is 29.2 Å². The number of rotatable bonds is 9. The molecule has 0 spiro atoms. The molecule has 1 aliphatic carbocycles. The highest BCUT2D eigenvalue weighted by atomic mass is 16.5. The fourth-order valence-corrected chi connectivity index (χ4v) is 11.2. The predicted octanol–water partition coefficient (Wildman–Crippen LogP) is 4.64. The van der Waals surface area contributed by atoms with Crippen molar-refractivity contribution in [2.75, 3.05) is 55.6 Å². The summed E-state index contributed by atoms with van der Waals surface area (Å²) in [4.78, 5) is 81.4. The molecule has 4 fully saturated rings. The van der Waals surface area contributed by atoms with Crippen molar-refractivity contribution in [2.45, 2.75) is 71.4 Å². The van der Waals surface area contributed by atoms with Crippen molar-refractivity contribution in [2.24, 2.45) is 22.5 Å². The number of primary amides is 1. The van der Waals surface area contributed by atoms with Crippen LogP contribution in [-0.4, -0.2) is 107 Å². The van der Waals surface area contributed by atoms with Crippen LogP contribution < -0.4 is 25.6 Å². The van der Waals surface area contributed by atoms with Crippen LogP contribution in [0.2, 0.25) is 0 Å². The minimum Gasteiger partial charge on any atom is -0.489 e. The van der Waals surface area contributed by atoms with Gasteiger partial charge in [0.2, 0.25) is 11.8 Å². The Hall–Kier alpha value is -6.40. The van der Waals surface area contributed by atoms with E-state index in [-0.39, 0.29) is 30.4 Å². The topological polar surface area (TPSA) is 195 Å². The maximum atomic E-state index is 13.4. The van der Waals surface area contributed by atoms with Gasteiger partial charge in [-0.1, -0.05) is 27.7 Å². The molecule has 1 saturated carbocycles. The van der Waals surface area contributed by atoms with Gasteiger partial charge in [0.25, 0.3) is 17.7 Å². The number of carbonyl (C=O) groups excluding carboxylic acids is 5. The highest BCUT2D eigenvalue weighted by Crippen LogP contribution is 2.65. The molecule has 6 heterocycles. The Morgan fingerprint density at radius 2 is 1.61 bits per heavy atom. The van der Waals surface area contributed by atoms with Gasteiger partial charge in [-0.05, 0) is 79.8 Å². The lowest BCUT2D eigenvalue weighted by molar-refractivity contribution is -0.161. The van der Waals surface area contributed by atoms with E-state index in [0.29, 0.717) is 39.6 Å². The van der Waals surface area contributed by atoms with Crippen molar-refractivity contribution >= 4 is 51.9 Å². The van der Waals surface area contributed by atoms with Crippen LogP contribution in [0.3, 0.4) is 0 Å². The summed E-state index contributed by atoms with van der Waals surface area (Å²) in [7, 11) is 0. The van der Waals surface area contributed by atoms with Gasteiger partial charge in [-0.3, -0.25) is 44.1 Å². The van der Waals surface area contributed by atoms with Gasteiger partial charge in [0.1, 0.15) is 29.8 Å². The first-order valence-corrected chi connectivity index (χ1v) is 21.5. The minimum atomic E-state index is -0.987. The molecular formula is C47H51N9O6. The summed E-state index contributed by atoms with van der Waals surface area (Å²) in [5.41, 5.74) is 8.81. The Bertz CT molecular complexity index is 2550. The van der Waals surface area contributed by atoms with Crippen LogP contribution in [-0.2, 0) is 9.59 Å². The number of anilines is 2. The second-order valence-corrected chi connectivity index (χ2v) is 18.6. The number of nitrogens with one attached hydrogen (secondary N) is 1. The van der Waals surface area contributed by atoms with Gasteiger partial charge in [-0.15, -0.1) is 0 Å². The lowest BCUT2D eigenvalue weighted by Gasteiger charge is -2.63. The van der Waals surface area contributed by atoms with Crippen LogP contribution in [0.1, 0.15) is 102 Å². The Morgan fingerprint density at radius 1 is 0.887 bits per heavy atom. The van der Waals surface area contributed by atoms with Crippen LogP contribution in [0.5, 0.6) is 5.75 Å². The summed E-state index contributed by atoms with van der Waals surface area (Å²) >= 11 is 0. The second kappa shape index (κ2) is 15.5. The number of benzene rings is 2. The highest BCUT2D eigenvalue weighted by molar-refractivity contribution is 6.23. The monoisotopic (exact) mass is 837 g/mol. The number of fused-ring (bicyclic) bond motifs is 2. The molecule has 5 aliphatic rings. The SMILES string of the molecule is CC1(C)C(Oc2ccc(C#N)c3ncccc23)C(C)(C)C1c1nc(N2CCC(CN3CCN(c4ccc5c(c4)C(=O)N(C4CCC(=O)NC4=O)C5=O)CC3)CC2)ccc1C(N)=O. The molecule has 62 heavy (non-hydrogen) atoms. The predicted molar refractivity (Wildman–Crippen MR) is 231 cm³/mol. The molecule has 0 radical (unpaired) electrons. The number of piperidine rings is 2. The van der Waals surface area contributed by atoms with Gasteiger partial charge in [0.15, 0.2) is 0 Å². The Morgan fingerprint density at radius 3 is 2.31 bits per heavy atom. The second-order valence-electron chi connectivity index (χ2n) is 18.6. The van der Waals surface area contributed by atoms with Crippen molar-refractivity contribution in [1.82, 2.24) is 25.1 Å². The van der Waals surface area contributed by atoms with E-state index in [1.165, 1.54) is 0 Å². The fourth-order valence-electron chi connectivity index (χ4n) is 11.2. The van der Waals surface area contributed by atoms with Gasteiger partial charge >= 0.3 is 0 Å². The third kappa shape index (κ3) is 6.90. The molecule has 3 N–H and O–H groups in total. The normalized spacial score (nSPS) is 23.8. The smallest absolute Gasteiger partial charge is 0.262 e. The summed E-state index contributed by atoms with van der Waals surface area (Å²) in [6.07, 6.45) is 3.65. The molecule has 320 valence electrons. The molecule has 2 aromatic heterocycles.